The number of carbonyl (C=O) groups is 1. The van der Waals surface area contributed by atoms with Crippen molar-refractivity contribution in [2.75, 3.05) is 0 Å². The highest BCUT2D eigenvalue weighted by Crippen LogP contribution is 2.06. The molecule has 19 heavy (non-hydrogen) atoms. The molecule has 1 unspecified atom stereocenters. The van der Waals surface area contributed by atoms with Crippen molar-refractivity contribution >= 4 is 5.97 Å². The first kappa shape index (κ1) is 17.6. The summed E-state index contributed by atoms with van der Waals surface area (Å²) in [4.78, 5) is 10.3. The maximum Gasteiger partial charge on any atom is 0.303 e. The minimum absolute atomic E-state index is 0.222. The van der Waals surface area contributed by atoms with E-state index in [0.29, 0.717) is 12.8 Å². The molecule has 0 aliphatic rings. The summed E-state index contributed by atoms with van der Waals surface area (Å²) >= 11 is 0. The number of carboxylic acids is 1. The topological polar surface area (TPSA) is 57.5 Å². The molecule has 0 amide bonds. The predicted octanol–water partition coefficient (Wildman–Crippen LogP) is 3.85. The zero-order chi connectivity index (χ0) is 14.3. The van der Waals surface area contributed by atoms with Gasteiger partial charge < -0.3 is 10.2 Å². The molecular formula is C16H26O3. The first-order valence-electron chi connectivity index (χ1n) is 7.05. The molecule has 0 spiro atoms. The van der Waals surface area contributed by atoms with Gasteiger partial charge in [0.25, 0.3) is 0 Å². The lowest BCUT2D eigenvalue weighted by Gasteiger charge is -2.03. The minimum Gasteiger partial charge on any atom is -0.481 e. The Morgan fingerprint density at radius 2 is 1.89 bits per heavy atom. The minimum atomic E-state index is -0.747. The van der Waals surface area contributed by atoms with Crippen molar-refractivity contribution in [2.24, 2.45) is 0 Å². The van der Waals surface area contributed by atoms with Crippen LogP contribution in [0.25, 0.3) is 0 Å². The van der Waals surface area contributed by atoms with E-state index < -0.39 is 12.1 Å². The summed E-state index contributed by atoms with van der Waals surface area (Å²) in [6.45, 7) is 2.10. The lowest BCUT2D eigenvalue weighted by molar-refractivity contribution is -0.137. The van der Waals surface area contributed by atoms with Crippen LogP contribution >= 0.6 is 0 Å². The molecule has 0 aliphatic carbocycles. The molecule has 3 heteroatoms. The Kier molecular flexibility index (Phi) is 12.2. The molecule has 0 saturated carbocycles. The average molecular weight is 266 g/mol. The Morgan fingerprint density at radius 1 is 1.11 bits per heavy atom. The van der Waals surface area contributed by atoms with Crippen molar-refractivity contribution in [3.8, 4) is 0 Å². The van der Waals surface area contributed by atoms with Crippen molar-refractivity contribution in [2.45, 2.75) is 58.0 Å². The van der Waals surface area contributed by atoms with Crippen LogP contribution in [0.1, 0.15) is 51.9 Å². The maximum atomic E-state index is 10.3. The summed E-state index contributed by atoms with van der Waals surface area (Å²) in [7, 11) is 0. The van der Waals surface area contributed by atoms with E-state index in [-0.39, 0.29) is 6.42 Å². The fraction of sp³-hybridized carbons (Fsp3) is 0.562. The van der Waals surface area contributed by atoms with Crippen LogP contribution < -0.4 is 0 Å². The van der Waals surface area contributed by atoms with Gasteiger partial charge in [-0.15, -0.1) is 0 Å². The second kappa shape index (κ2) is 13.1. The highest BCUT2D eigenvalue weighted by Gasteiger charge is 2.00. The molecule has 0 heterocycles. The summed E-state index contributed by atoms with van der Waals surface area (Å²) in [5.74, 6) is -0.747. The van der Waals surface area contributed by atoms with Crippen LogP contribution in [0.3, 0.4) is 0 Å². The van der Waals surface area contributed by atoms with Crippen molar-refractivity contribution in [1.29, 1.82) is 0 Å². The molecule has 1 atom stereocenters. The molecule has 0 radical (unpaired) electrons. The van der Waals surface area contributed by atoms with Crippen LogP contribution in [0.2, 0.25) is 0 Å². The number of aliphatic carboxylic acids is 1. The van der Waals surface area contributed by atoms with Gasteiger partial charge in [-0.3, -0.25) is 4.79 Å². The van der Waals surface area contributed by atoms with Gasteiger partial charge in [-0.2, -0.15) is 0 Å². The first-order valence-corrected chi connectivity index (χ1v) is 7.05. The zero-order valence-corrected chi connectivity index (χ0v) is 11.8. The number of aliphatic hydroxyl groups is 1. The van der Waals surface area contributed by atoms with E-state index in [1.165, 1.54) is 0 Å². The zero-order valence-electron chi connectivity index (χ0n) is 11.8. The highest BCUT2D eigenvalue weighted by atomic mass is 16.4. The number of rotatable bonds is 11. The SMILES string of the molecule is CCC=CCC=CC=CC(O)CCCCCC(=O)O. The Balaban J connectivity index is 3.53. The normalized spacial score (nSPS) is 13.8. The average Bonchev–Trinajstić information content (AvgIpc) is 2.37. The van der Waals surface area contributed by atoms with Crippen LogP contribution in [-0.4, -0.2) is 22.3 Å². The van der Waals surface area contributed by atoms with E-state index in [1.807, 2.05) is 18.2 Å². The van der Waals surface area contributed by atoms with Crippen molar-refractivity contribution in [3.63, 3.8) is 0 Å². The molecule has 2 N–H and O–H groups in total. The van der Waals surface area contributed by atoms with Gasteiger partial charge in [0, 0.05) is 6.42 Å². The van der Waals surface area contributed by atoms with E-state index in [9.17, 15) is 9.90 Å². The molecule has 0 saturated heterocycles. The number of unbranched alkanes of at least 4 members (excludes halogenated alkanes) is 2. The monoisotopic (exact) mass is 266 g/mol. The Hall–Kier alpha value is -1.35. The van der Waals surface area contributed by atoms with Crippen molar-refractivity contribution < 1.29 is 15.0 Å². The number of carboxylic acid groups (broad SMARTS) is 1. The smallest absolute Gasteiger partial charge is 0.303 e. The number of allylic oxidation sites excluding steroid dienone is 5. The third-order valence-corrected chi connectivity index (χ3v) is 2.65. The molecule has 0 aromatic rings. The van der Waals surface area contributed by atoms with Gasteiger partial charge in [0.1, 0.15) is 0 Å². The Morgan fingerprint density at radius 3 is 2.58 bits per heavy atom. The third-order valence-electron chi connectivity index (χ3n) is 2.65. The van der Waals surface area contributed by atoms with Gasteiger partial charge in [-0.25, -0.2) is 0 Å². The lowest BCUT2D eigenvalue weighted by Crippen LogP contribution is -2.01. The van der Waals surface area contributed by atoms with Crippen LogP contribution in [0.5, 0.6) is 0 Å². The second-order valence-corrected chi connectivity index (χ2v) is 4.49. The summed E-state index contributed by atoms with van der Waals surface area (Å²) < 4.78 is 0. The quantitative estimate of drug-likeness (QED) is 0.339. The molecule has 3 nitrogen and oxygen atoms in total. The van der Waals surface area contributed by atoms with Crippen molar-refractivity contribution in [1.82, 2.24) is 0 Å². The summed E-state index contributed by atoms with van der Waals surface area (Å²) in [6, 6.07) is 0. The van der Waals surface area contributed by atoms with Crippen molar-refractivity contribution in [3.05, 3.63) is 36.5 Å². The van der Waals surface area contributed by atoms with E-state index in [0.717, 1.165) is 25.7 Å². The number of hydrogen-bond acceptors (Lipinski definition) is 2. The molecule has 0 aromatic carbocycles. The van der Waals surface area contributed by atoms with Crippen LogP contribution in [0.15, 0.2) is 36.5 Å². The largest absolute Gasteiger partial charge is 0.481 e. The maximum absolute atomic E-state index is 10.3. The molecule has 0 rings (SSSR count). The van der Waals surface area contributed by atoms with E-state index in [1.54, 1.807) is 6.08 Å². The summed E-state index contributed by atoms with van der Waals surface area (Å²) in [6.07, 6.45) is 16.7. The number of hydrogen-bond donors (Lipinski definition) is 2. The van der Waals surface area contributed by atoms with Gasteiger partial charge in [0.05, 0.1) is 6.10 Å². The molecule has 0 aliphatic heterocycles. The molecular weight excluding hydrogens is 240 g/mol. The standard InChI is InChI=1S/C16H26O3/c1-2-3-4-5-6-7-9-12-15(17)13-10-8-11-14-16(18)19/h3-4,6-7,9,12,15,17H,2,5,8,10-11,13-14H2,1H3,(H,18,19). The van der Waals surface area contributed by atoms with E-state index in [2.05, 4.69) is 19.1 Å². The summed E-state index contributed by atoms with van der Waals surface area (Å²) in [5, 5.41) is 18.1. The molecule has 0 bridgehead atoms. The number of aliphatic hydroxyl groups excluding tert-OH is 1. The fourth-order valence-electron chi connectivity index (χ4n) is 1.59. The van der Waals surface area contributed by atoms with Gasteiger partial charge in [0.15, 0.2) is 0 Å². The fourth-order valence-corrected chi connectivity index (χ4v) is 1.59. The Bertz CT molecular complexity index is 303. The van der Waals surface area contributed by atoms with E-state index in [4.69, 9.17) is 5.11 Å². The van der Waals surface area contributed by atoms with Gasteiger partial charge in [-0.1, -0.05) is 56.2 Å². The van der Waals surface area contributed by atoms with Gasteiger partial charge in [-0.05, 0) is 25.7 Å². The second-order valence-electron chi connectivity index (χ2n) is 4.49. The third kappa shape index (κ3) is 14.6. The lowest BCUT2D eigenvalue weighted by atomic mass is 10.1. The van der Waals surface area contributed by atoms with Gasteiger partial charge >= 0.3 is 5.97 Å². The van der Waals surface area contributed by atoms with E-state index >= 15 is 0 Å². The first-order chi connectivity index (χ1) is 9.16. The van der Waals surface area contributed by atoms with Crippen LogP contribution in [0.4, 0.5) is 0 Å². The summed E-state index contributed by atoms with van der Waals surface area (Å²) in [5.41, 5.74) is 0. The Labute approximate surface area is 116 Å². The predicted molar refractivity (Wildman–Crippen MR) is 79.1 cm³/mol. The highest BCUT2D eigenvalue weighted by molar-refractivity contribution is 5.66. The van der Waals surface area contributed by atoms with Gasteiger partial charge in [0.2, 0.25) is 0 Å². The van der Waals surface area contributed by atoms with Crippen LogP contribution in [0, 0.1) is 0 Å². The molecule has 0 aromatic heterocycles. The van der Waals surface area contributed by atoms with Crippen LogP contribution in [-0.2, 0) is 4.79 Å². The molecule has 0 fully saturated rings. The molecule has 108 valence electrons.